The van der Waals surface area contributed by atoms with Crippen molar-refractivity contribution in [3.8, 4) is 0 Å². The maximum absolute atomic E-state index is 6.05. The second kappa shape index (κ2) is 4.87. The van der Waals surface area contributed by atoms with Gasteiger partial charge in [-0.15, -0.1) is 0 Å². The topological polar surface area (TPSA) is 29.3 Å². The van der Waals surface area contributed by atoms with E-state index in [2.05, 4.69) is 16.7 Å². The predicted molar refractivity (Wildman–Crippen MR) is 70.7 cm³/mol. The van der Waals surface area contributed by atoms with Crippen LogP contribution in [-0.2, 0) is 0 Å². The van der Waals surface area contributed by atoms with Gasteiger partial charge in [-0.1, -0.05) is 0 Å². The number of piperidine rings is 3. The third kappa shape index (κ3) is 1.91. The third-order valence-electron chi connectivity index (χ3n) is 5.06. The maximum atomic E-state index is 6.05. The van der Waals surface area contributed by atoms with E-state index in [-0.39, 0.29) is 0 Å². The number of thioether (sulfide) groups is 1. The molecule has 0 radical (unpaired) electrons. The molecule has 4 aliphatic rings. The van der Waals surface area contributed by atoms with E-state index in [9.17, 15) is 0 Å². The lowest BCUT2D eigenvalue weighted by Crippen LogP contribution is -2.59. The van der Waals surface area contributed by atoms with E-state index in [1.807, 2.05) is 0 Å². The molecule has 4 aliphatic heterocycles. The molecule has 2 nitrogen and oxygen atoms in total. The average molecular weight is 240 g/mol. The molecule has 2 N–H and O–H groups in total. The summed E-state index contributed by atoms with van der Waals surface area (Å²) in [5, 5.41) is 0. The standard InChI is InChI=1S/C13H24N2S/c14-9-12-10-1-5-15(6-2-10)13(12)11-3-7-16-8-4-11/h10-13H,1-9,14H2. The zero-order valence-electron chi connectivity index (χ0n) is 10.1. The van der Waals surface area contributed by atoms with Gasteiger partial charge >= 0.3 is 0 Å². The molecule has 3 heteroatoms. The summed E-state index contributed by atoms with van der Waals surface area (Å²) < 4.78 is 0. The van der Waals surface area contributed by atoms with Gasteiger partial charge in [0.2, 0.25) is 0 Å². The minimum Gasteiger partial charge on any atom is -0.330 e. The molecule has 4 saturated heterocycles. The lowest BCUT2D eigenvalue weighted by molar-refractivity contribution is -0.0364. The van der Waals surface area contributed by atoms with Crippen LogP contribution in [-0.4, -0.2) is 42.1 Å². The number of fused-ring (bicyclic) bond motifs is 3. The van der Waals surface area contributed by atoms with Crippen LogP contribution in [0.25, 0.3) is 0 Å². The number of hydrogen-bond donors (Lipinski definition) is 1. The molecule has 4 heterocycles. The van der Waals surface area contributed by atoms with E-state index in [1.165, 1.54) is 50.3 Å². The third-order valence-corrected chi connectivity index (χ3v) is 6.11. The van der Waals surface area contributed by atoms with Crippen molar-refractivity contribution in [1.82, 2.24) is 4.90 Å². The fourth-order valence-corrected chi connectivity index (χ4v) is 5.38. The Kier molecular flexibility index (Phi) is 3.46. The van der Waals surface area contributed by atoms with Crippen LogP contribution in [0.4, 0.5) is 0 Å². The number of nitrogens with two attached hydrogens (primary N) is 1. The molecule has 0 aromatic rings. The van der Waals surface area contributed by atoms with Crippen LogP contribution in [0.1, 0.15) is 25.7 Å². The molecule has 2 unspecified atom stereocenters. The van der Waals surface area contributed by atoms with Crippen molar-refractivity contribution in [2.45, 2.75) is 31.7 Å². The first-order valence-electron chi connectivity index (χ1n) is 6.92. The Balaban J connectivity index is 1.75. The van der Waals surface area contributed by atoms with E-state index in [0.29, 0.717) is 0 Å². The summed E-state index contributed by atoms with van der Waals surface area (Å²) in [6.45, 7) is 3.64. The first kappa shape index (κ1) is 11.4. The van der Waals surface area contributed by atoms with Crippen molar-refractivity contribution in [3.63, 3.8) is 0 Å². The zero-order chi connectivity index (χ0) is 11.0. The second-order valence-electron chi connectivity index (χ2n) is 5.71. The lowest BCUT2D eigenvalue weighted by atomic mass is 9.69. The fourth-order valence-electron chi connectivity index (χ4n) is 4.23. The second-order valence-corrected chi connectivity index (χ2v) is 6.94. The molecular weight excluding hydrogens is 216 g/mol. The highest BCUT2D eigenvalue weighted by Gasteiger charge is 2.44. The van der Waals surface area contributed by atoms with Crippen LogP contribution in [0.5, 0.6) is 0 Å². The number of nitrogens with zero attached hydrogens (tertiary/aromatic N) is 1. The fraction of sp³-hybridized carbons (Fsp3) is 1.00. The summed E-state index contributed by atoms with van der Waals surface area (Å²) in [7, 11) is 0. The number of hydrogen-bond acceptors (Lipinski definition) is 3. The molecule has 0 aromatic heterocycles. The largest absolute Gasteiger partial charge is 0.330 e. The minimum absolute atomic E-state index is 0.815. The highest BCUT2D eigenvalue weighted by molar-refractivity contribution is 7.99. The Morgan fingerprint density at radius 1 is 1.00 bits per heavy atom. The summed E-state index contributed by atoms with van der Waals surface area (Å²) in [5.41, 5.74) is 6.05. The van der Waals surface area contributed by atoms with Crippen LogP contribution in [0.2, 0.25) is 0 Å². The maximum Gasteiger partial charge on any atom is 0.0167 e. The van der Waals surface area contributed by atoms with Gasteiger partial charge in [0.1, 0.15) is 0 Å². The minimum atomic E-state index is 0.815. The van der Waals surface area contributed by atoms with Crippen LogP contribution < -0.4 is 5.73 Å². The normalized spacial score (nSPS) is 44.8. The molecule has 0 saturated carbocycles. The van der Waals surface area contributed by atoms with Gasteiger partial charge in [0.15, 0.2) is 0 Å². The molecule has 0 spiro atoms. The van der Waals surface area contributed by atoms with Crippen molar-refractivity contribution in [2.75, 3.05) is 31.1 Å². The lowest BCUT2D eigenvalue weighted by Gasteiger charge is -2.54. The highest BCUT2D eigenvalue weighted by atomic mass is 32.2. The highest BCUT2D eigenvalue weighted by Crippen LogP contribution is 2.42. The molecule has 2 bridgehead atoms. The Hall–Kier alpha value is 0.270. The van der Waals surface area contributed by atoms with Crippen LogP contribution in [0.15, 0.2) is 0 Å². The Labute approximate surface area is 103 Å². The molecule has 0 aromatic carbocycles. The van der Waals surface area contributed by atoms with Crippen molar-refractivity contribution in [2.24, 2.45) is 23.5 Å². The quantitative estimate of drug-likeness (QED) is 0.798. The molecule has 4 rings (SSSR count). The van der Waals surface area contributed by atoms with Gasteiger partial charge in [-0.3, -0.25) is 4.90 Å². The van der Waals surface area contributed by atoms with E-state index in [1.54, 1.807) is 0 Å². The predicted octanol–water partition coefficient (Wildman–Crippen LogP) is 1.80. The van der Waals surface area contributed by atoms with E-state index < -0.39 is 0 Å². The van der Waals surface area contributed by atoms with Gasteiger partial charge in [-0.05, 0) is 74.6 Å². The SMILES string of the molecule is NCC1C2CCN(CC2)C1C1CCSCC1. The molecule has 0 amide bonds. The van der Waals surface area contributed by atoms with Gasteiger partial charge in [0, 0.05) is 6.04 Å². The van der Waals surface area contributed by atoms with Crippen LogP contribution in [0.3, 0.4) is 0 Å². The van der Waals surface area contributed by atoms with Crippen molar-refractivity contribution < 1.29 is 0 Å². The summed E-state index contributed by atoms with van der Waals surface area (Å²) in [4.78, 5) is 2.78. The summed E-state index contributed by atoms with van der Waals surface area (Å²) in [5.74, 6) is 5.50. The first-order chi connectivity index (χ1) is 7.90. The molecule has 4 fully saturated rings. The van der Waals surface area contributed by atoms with Crippen LogP contribution >= 0.6 is 11.8 Å². The van der Waals surface area contributed by atoms with E-state index in [0.717, 1.165) is 30.3 Å². The molecule has 92 valence electrons. The zero-order valence-corrected chi connectivity index (χ0v) is 10.9. The molecular formula is C13H24N2S. The van der Waals surface area contributed by atoms with Crippen molar-refractivity contribution in [3.05, 3.63) is 0 Å². The Morgan fingerprint density at radius 3 is 2.31 bits per heavy atom. The van der Waals surface area contributed by atoms with Gasteiger partial charge in [0.05, 0.1) is 0 Å². The molecule has 0 aliphatic carbocycles. The van der Waals surface area contributed by atoms with Gasteiger partial charge in [0.25, 0.3) is 0 Å². The molecule has 2 atom stereocenters. The van der Waals surface area contributed by atoms with E-state index in [4.69, 9.17) is 5.73 Å². The number of rotatable bonds is 2. The smallest absolute Gasteiger partial charge is 0.0167 e. The summed E-state index contributed by atoms with van der Waals surface area (Å²) >= 11 is 2.14. The average Bonchev–Trinajstić information content (AvgIpc) is 2.40. The molecule has 16 heavy (non-hydrogen) atoms. The summed E-state index contributed by atoms with van der Waals surface area (Å²) in [6.07, 6.45) is 5.71. The van der Waals surface area contributed by atoms with Crippen LogP contribution in [0, 0.1) is 17.8 Å². The van der Waals surface area contributed by atoms with Gasteiger partial charge in [-0.2, -0.15) is 11.8 Å². The van der Waals surface area contributed by atoms with Gasteiger partial charge < -0.3 is 5.73 Å². The Bertz CT molecular complexity index is 232. The monoisotopic (exact) mass is 240 g/mol. The van der Waals surface area contributed by atoms with Crippen molar-refractivity contribution >= 4 is 11.8 Å². The van der Waals surface area contributed by atoms with Gasteiger partial charge in [-0.25, -0.2) is 0 Å². The van der Waals surface area contributed by atoms with Crippen molar-refractivity contribution in [1.29, 1.82) is 0 Å². The van der Waals surface area contributed by atoms with E-state index >= 15 is 0 Å². The first-order valence-corrected chi connectivity index (χ1v) is 8.07. The Morgan fingerprint density at radius 2 is 1.69 bits per heavy atom. The summed E-state index contributed by atoms with van der Waals surface area (Å²) in [6, 6.07) is 0.846.